The van der Waals surface area contributed by atoms with E-state index in [9.17, 15) is 14.9 Å². The maximum Gasteiger partial charge on any atom is 0.354 e. The predicted octanol–water partition coefficient (Wildman–Crippen LogP) is 2.98. The summed E-state index contributed by atoms with van der Waals surface area (Å²) in [5, 5.41) is 19.7. The van der Waals surface area contributed by atoms with E-state index in [4.69, 9.17) is 5.11 Å². The minimum atomic E-state index is -1.10. The number of hydrogen-bond donors (Lipinski definition) is 1. The standard InChI is InChI=1S/C13H10N2O4S/c16-13(17)11-7-10(5-6-14-11)20-8-9-3-1-2-4-12(9)15(18)19/h1-7H,8H2,(H,16,17). The van der Waals surface area contributed by atoms with E-state index in [1.54, 1.807) is 24.3 Å². The van der Waals surface area contributed by atoms with Crippen molar-refractivity contribution in [2.75, 3.05) is 0 Å². The number of nitro benzene ring substituents is 1. The molecular weight excluding hydrogens is 280 g/mol. The molecule has 0 radical (unpaired) electrons. The Balaban J connectivity index is 2.15. The van der Waals surface area contributed by atoms with Gasteiger partial charge in [-0.25, -0.2) is 9.78 Å². The van der Waals surface area contributed by atoms with Crippen molar-refractivity contribution in [2.45, 2.75) is 10.6 Å². The highest BCUT2D eigenvalue weighted by Crippen LogP contribution is 2.27. The van der Waals surface area contributed by atoms with Gasteiger partial charge in [-0.2, -0.15) is 0 Å². The Morgan fingerprint density at radius 1 is 1.35 bits per heavy atom. The smallest absolute Gasteiger partial charge is 0.354 e. The lowest BCUT2D eigenvalue weighted by atomic mass is 10.2. The summed E-state index contributed by atoms with van der Waals surface area (Å²) in [4.78, 5) is 25.7. The van der Waals surface area contributed by atoms with Crippen LogP contribution >= 0.6 is 11.8 Å². The third-order valence-corrected chi connectivity index (χ3v) is 3.58. The Bertz CT molecular complexity index is 660. The zero-order chi connectivity index (χ0) is 14.5. The Kier molecular flexibility index (Phi) is 4.31. The molecule has 0 aliphatic carbocycles. The fourth-order valence-electron chi connectivity index (χ4n) is 1.59. The fraction of sp³-hybridized carbons (Fsp3) is 0.0769. The summed E-state index contributed by atoms with van der Waals surface area (Å²) in [7, 11) is 0. The second-order valence-corrected chi connectivity index (χ2v) is 4.91. The Morgan fingerprint density at radius 3 is 2.80 bits per heavy atom. The molecule has 0 fully saturated rings. The topological polar surface area (TPSA) is 93.3 Å². The maximum absolute atomic E-state index is 10.9. The summed E-state index contributed by atoms with van der Waals surface area (Å²) in [5.74, 6) is -0.710. The van der Waals surface area contributed by atoms with Gasteiger partial charge in [-0.3, -0.25) is 10.1 Å². The number of thioether (sulfide) groups is 1. The average Bonchev–Trinajstić information content (AvgIpc) is 2.45. The Morgan fingerprint density at radius 2 is 2.10 bits per heavy atom. The van der Waals surface area contributed by atoms with E-state index < -0.39 is 10.9 Å². The molecule has 0 saturated heterocycles. The largest absolute Gasteiger partial charge is 0.477 e. The molecule has 0 unspecified atom stereocenters. The number of benzene rings is 1. The summed E-state index contributed by atoms with van der Waals surface area (Å²) in [6.07, 6.45) is 1.41. The number of nitrogens with zero attached hydrogens (tertiary/aromatic N) is 2. The number of hydrogen-bond acceptors (Lipinski definition) is 5. The van der Waals surface area contributed by atoms with Crippen LogP contribution in [-0.2, 0) is 5.75 Å². The van der Waals surface area contributed by atoms with Crippen molar-refractivity contribution in [1.82, 2.24) is 4.98 Å². The second-order valence-electron chi connectivity index (χ2n) is 3.86. The van der Waals surface area contributed by atoms with Crippen LogP contribution in [0.5, 0.6) is 0 Å². The van der Waals surface area contributed by atoms with Crippen LogP contribution in [0, 0.1) is 10.1 Å². The maximum atomic E-state index is 10.9. The van der Waals surface area contributed by atoms with Crippen molar-refractivity contribution in [2.24, 2.45) is 0 Å². The van der Waals surface area contributed by atoms with Crippen molar-refractivity contribution < 1.29 is 14.8 Å². The molecule has 2 rings (SSSR count). The van der Waals surface area contributed by atoms with Crippen LogP contribution < -0.4 is 0 Å². The second kappa shape index (κ2) is 6.16. The average molecular weight is 290 g/mol. The van der Waals surface area contributed by atoms with Gasteiger partial charge in [0.15, 0.2) is 0 Å². The van der Waals surface area contributed by atoms with Gasteiger partial charge in [-0.15, -0.1) is 11.8 Å². The molecule has 0 amide bonds. The van der Waals surface area contributed by atoms with Crippen molar-refractivity contribution >= 4 is 23.4 Å². The Labute approximate surface area is 118 Å². The van der Waals surface area contributed by atoms with Gasteiger partial charge in [-0.1, -0.05) is 18.2 Å². The number of aromatic nitrogens is 1. The van der Waals surface area contributed by atoms with Crippen LogP contribution in [0.25, 0.3) is 0 Å². The lowest BCUT2D eigenvalue weighted by Crippen LogP contribution is -1.99. The molecule has 0 aliphatic rings. The van der Waals surface area contributed by atoms with Crippen LogP contribution in [0.3, 0.4) is 0 Å². The molecule has 102 valence electrons. The lowest BCUT2D eigenvalue weighted by molar-refractivity contribution is -0.385. The van der Waals surface area contributed by atoms with Gasteiger partial charge in [0.05, 0.1) is 4.92 Å². The van der Waals surface area contributed by atoms with Crippen LogP contribution in [0.1, 0.15) is 16.1 Å². The van der Waals surface area contributed by atoms with Gasteiger partial charge in [0, 0.05) is 28.5 Å². The van der Waals surface area contributed by atoms with Crippen molar-refractivity contribution in [3.63, 3.8) is 0 Å². The SMILES string of the molecule is O=C(O)c1cc(SCc2ccccc2[N+](=O)[O-])ccn1. The van der Waals surface area contributed by atoms with Gasteiger partial charge in [0.25, 0.3) is 5.69 Å². The van der Waals surface area contributed by atoms with E-state index in [-0.39, 0.29) is 11.4 Å². The van der Waals surface area contributed by atoms with E-state index in [0.29, 0.717) is 16.2 Å². The zero-order valence-electron chi connectivity index (χ0n) is 10.2. The third-order valence-electron chi connectivity index (χ3n) is 2.53. The van der Waals surface area contributed by atoms with Crippen LogP contribution in [0.2, 0.25) is 0 Å². The van der Waals surface area contributed by atoms with Crippen molar-refractivity contribution in [3.05, 3.63) is 64.0 Å². The number of aromatic carboxylic acids is 1. The highest BCUT2D eigenvalue weighted by atomic mass is 32.2. The fourth-order valence-corrected chi connectivity index (χ4v) is 2.51. The molecule has 20 heavy (non-hydrogen) atoms. The summed E-state index contributed by atoms with van der Waals surface area (Å²) < 4.78 is 0. The van der Waals surface area contributed by atoms with Gasteiger partial charge in [0.1, 0.15) is 5.69 Å². The number of carbonyl (C=O) groups is 1. The van der Waals surface area contributed by atoms with E-state index in [0.717, 1.165) is 0 Å². The van der Waals surface area contributed by atoms with Gasteiger partial charge >= 0.3 is 5.97 Å². The number of carboxylic acid groups (broad SMARTS) is 1. The first kappa shape index (κ1) is 14.0. The molecule has 1 heterocycles. The molecule has 6 nitrogen and oxygen atoms in total. The lowest BCUT2D eigenvalue weighted by Gasteiger charge is -2.03. The summed E-state index contributed by atoms with van der Waals surface area (Å²) in [6.45, 7) is 0. The number of nitro groups is 1. The number of pyridine rings is 1. The molecule has 1 aromatic carbocycles. The van der Waals surface area contributed by atoms with Crippen LogP contribution in [0.4, 0.5) is 5.69 Å². The molecule has 0 atom stereocenters. The molecule has 0 spiro atoms. The summed E-state index contributed by atoms with van der Waals surface area (Å²) >= 11 is 1.33. The monoisotopic (exact) mass is 290 g/mol. The highest BCUT2D eigenvalue weighted by molar-refractivity contribution is 7.98. The normalized spacial score (nSPS) is 10.2. The quantitative estimate of drug-likeness (QED) is 0.517. The molecule has 0 saturated carbocycles. The Hall–Kier alpha value is -2.41. The molecule has 0 aliphatic heterocycles. The minimum absolute atomic E-state index is 0.0439. The summed E-state index contributed by atoms with van der Waals surface area (Å²) in [6, 6.07) is 9.60. The van der Waals surface area contributed by atoms with Crippen molar-refractivity contribution in [3.8, 4) is 0 Å². The highest BCUT2D eigenvalue weighted by Gasteiger charge is 2.13. The van der Waals surface area contributed by atoms with Gasteiger partial charge < -0.3 is 5.11 Å². The number of carboxylic acids is 1. The molecule has 2 aromatic rings. The van der Waals surface area contributed by atoms with Crippen LogP contribution in [0.15, 0.2) is 47.5 Å². The molecular formula is C13H10N2O4S. The van der Waals surface area contributed by atoms with E-state index in [2.05, 4.69) is 4.98 Å². The molecule has 1 N–H and O–H groups in total. The van der Waals surface area contributed by atoms with Gasteiger partial charge in [0.2, 0.25) is 0 Å². The van der Waals surface area contributed by atoms with E-state index >= 15 is 0 Å². The molecule has 0 bridgehead atoms. The predicted molar refractivity (Wildman–Crippen MR) is 73.9 cm³/mol. The molecule has 1 aromatic heterocycles. The first-order chi connectivity index (χ1) is 9.58. The van der Waals surface area contributed by atoms with Gasteiger partial charge in [-0.05, 0) is 12.1 Å². The minimum Gasteiger partial charge on any atom is -0.477 e. The summed E-state index contributed by atoms with van der Waals surface area (Å²) in [5.41, 5.74) is 0.612. The van der Waals surface area contributed by atoms with Crippen molar-refractivity contribution in [1.29, 1.82) is 0 Å². The molecule has 7 heteroatoms. The first-order valence-electron chi connectivity index (χ1n) is 5.62. The first-order valence-corrected chi connectivity index (χ1v) is 6.61. The third kappa shape index (κ3) is 3.33. The number of para-hydroxylation sites is 1. The van der Waals surface area contributed by atoms with Crippen LogP contribution in [-0.4, -0.2) is 21.0 Å². The number of rotatable bonds is 5. The zero-order valence-corrected chi connectivity index (χ0v) is 11.0. The van der Waals surface area contributed by atoms with E-state index in [1.165, 1.54) is 30.1 Å². The van der Waals surface area contributed by atoms with E-state index in [1.807, 2.05) is 0 Å².